The molecule has 0 fully saturated rings. The molecule has 0 heterocycles. The van der Waals surface area contributed by atoms with Crippen molar-refractivity contribution in [3.63, 3.8) is 0 Å². The molecule has 2 atom stereocenters. The lowest BCUT2D eigenvalue weighted by molar-refractivity contribution is 0.276. The fourth-order valence-electron chi connectivity index (χ4n) is 2.88. The van der Waals surface area contributed by atoms with E-state index in [0.29, 0.717) is 0 Å². The molecule has 0 bridgehead atoms. The Morgan fingerprint density at radius 3 is 2.45 bits per heavy atom. The third-order valence-electron chi connectivity index (χ3n) is 3.90. The zero-order valence-electron chi connectivity index (χ0n) is 11.8. The molecule has 0 N–H and O–H groups in total. The third-order valence-corrected chi connectivity index (χ3v) is 5.04. The lowest BCUT2D eigenvalue weighted by Gasteiger charge is -2.17. The average molecular weight is 305 g/mol. The minimum Gasteiger partial charge on any atom is -0.129 e. The van der Waals surface area contributed by atoms with Crippen molar-refractivity contribution in [2.75, 3.05) is 0 Å². The summed E-state index contributed by atoms with van der Waals surface area (Å²) in [7, 11) is -1.87. The summed E-state index contributed by atoms with van der Waals surface area (Å²) < 4.78 is 18.3. The van der Waals surface area contributed by atoms with Gasteiger partial charge in [0.15, 0.2) is 6.10 Å². The van der Waals surface area contributed by atoms with Crippen LogP contribution in [0, 0.1) is 0 Å². The minimum atomic E-state index is -1.87. The minimum absolute atomic E-state index is 0.276. The summed E-state index contributed by atoms with van der Waals surface area (Å²) in [5.41, 5.74) is 2.26. The predicted molar refractivity (Wildman–Crippen MR) is 90.5 cm³/mol. The Morgan fingerprint density at radius 1 is 0.864 bits per heavy atom. The Hall–Kier alpha value is -2.28. The van der Waals surface area contributed by atoms with Crippen LogP contribution < -0.4 is 5.30 Å². The highest BCUT2D eigenvalue weighted by atomic mass is 31.1. The fourth-order valence-corrected chi connectivity index (χ4v) is 3.80. The number of hydrogen-bond acceptors (Lipinski definition) is 2. The number of rotatable bonds is 3. The Bertz CT molecular complexity index is 879. The maximum absolute atomic E-state index is 12.4. The molecular formula is C19H14O2P+. The summed E-state index contributed by atoms with van der Waals surface area (Å²) in [6.45, 7) is 0. The smallest absolute Gasteiger partial charge is 0.129 e. The molecule has 2 unspecified atom stereocenters. The molecule has 3 aromatic carbocycles. The average Bonchev–Trinajstić information content (AvgIpc) is 2.58. The Balaban J connectivity index is 1.72. The molecule has 0 aromatic heterocycles. The molecule has 0 amide bonds. The normalized spacial score (nSPS) is 16.7. The summed E-state index contributed by atoms with van der Waals surface area (Å²) >= 11 is 0. The van der Waals surface area contributed by atoms with Gasteiger partial charge in [-0.2, -0.15) is 0 Å². The highest BCUT2D eigenvalue weighted by molar-refractivity contribution is 7.48. The first-order valence-corrected chi connectivity index (χ1v) is 8.39. The van der Waals surface area contributed by atoms with Gasteiger partial charge in [0.25, 0.3) is 0 Å². The molecule has 0 spiro atoms. The molecule has 0 radical (unpaired) electrons. The largest absolute Gasteiger partial charge is 0.549 e. The van der Waals surface area contributed by atoms with Crippen molar-refractivity contribution in [3.8, 4) is 0 Å². The molecule has 3 aromatic rings. The van der Waals surface area contributed by atoms with E-state index in [1.54, 1.807) is 0 Å². The van der Waals surface area contributed by atoms with E-state index in [4.69, 9.17) is 4.52 Å². The molecule has 0 saturated heterocycles. The second kappa shape index (κ2) is 5.49. The van der Waals surface area contributed by atoms with Gasteiger partial charge < -0.3 is 0 Å². The van der Waals surface area contributed by atoms with E-state index in [1.165, 1.54) is 16.3 Å². The SMILES string of the molecule is O=[P+](OC1C=Cc2cccc3cccc1c23)c1ccccc1. The molecule has 4 rings (SSSR count). The molecule has 3 heteroatoms. The van der Waals surface area contributed by atoms with Crippen LogP contribution in [-0.2, 0) is 9.09 Å². The Morgan fingerprint density at radius 2 is 1.64 bits per heavy atom. The summed E-state index contributed by atoms with van der Waals surface area (Å²) in [5.74, 6) is 0. The van der Waals surface area contributed by atoms with Crippen LogP contribution in [0.2, 0.25) is 0 Å². The second-order valence-corrected chi connectivity index (χ2v) is 6.51. The van der Waals surface area contributed by atoms with Crippen molar-refractivity contribution in [1.29, 1.82) is 0 Å². The van der Waals surface area contributed by atoms with Crippen LogP contribution >= 0.6 is 8.03 Å². The van der Waals surface area contributed by atoms with E-state index in [-0.39, 0.29) is 6.10 Å². The van der Waals surface area contributed by atoms with Crippen molar-refractivity contribution >= 4 is 30.2 Å². The molecule has 106 valence electrons. The van der Waals surface area contributed by atoms with Gasteiger partial charge in [-0.1, -0.05) is 60.7 Å². The van der Waals surface area contributed by atoms with Crippen molar-refractivity contribution < 1.29 is 9.09 Å². The van der Waals surface area contributed by atoms with Crippen LogP contribution in [0.3, 0.4) is 0 Å². The van der Waals surface area contributed by atoms with E-state index < -0.39 is 8.03 Å². The lowest BCUT2D eigenvalue weighted by atomic mass is 9.92. The van der Waals surface area contributed by atoms with E-state index in [2.05, 4.69) is 24.3 Å². The first kappa shape index (κ1) is 13.4. The van der Waals surface area contributed by atoms with Crippen LogP contribution in [0.5, 0.6) is 0 Å². The summed E-state index contributed by atoms with van der Waals surface area (Å²) in [6.07, 6.45) is 3.75. The van der Waals surface area contributed by atoms with E-state index >= 15 is 0 Å². The second-order valence-electron chi connectivity index (χ2n) is 5.27. The molecule has 1 aliphatic carbocycles. The van der Waals surface area contributed by atoms with Crippen molar-refractivity contribution in [3.05, 3.63) is 83.9 Å². The summed E-state index contributed by atoms with van der Waals surface area (Å²) in [6, 6.07) is 21.7. The topological polar surface area (TPSA) is 26.3 Å². The van der Waals surface area contributed by atoms with Crippen LogP contribution in [0.4, 0.5) is 0 Å². The summed E-state index contributed by atoms with van der Waals surface area (Å²) in [5, 5.41) is 3.09. The molecule has 22 heavy (non-hydrogen) atoms. The summed E-state index contributed by atoms with van der Waals surface area (Å²) in [4.78, 5) is 0. The predicted octanol–water partition coefficient (Wildman–Crippen LogP) is 4.99. The van der Waals surface area contributed by atoms with Gasteiger partial charge in [0, 0.05) is 0 Å². The van der Waals surface area contributed by atoms with Gasteiger partial charge in [0.2, 0.25) is 5.30 Å². The van der Waals surface area contributed by atoms with Crippen molar-refractivity contribution in [2.24, 2.45) is 0 Å². The van der Waals surface area contributed by atoms with Gasteiger partial charge in [0.1, 0.15) is 0 Å². The van der Waals surface area contributed by atoms with Crippen LogP contribution in [0.25, 0.3) is 16.8 Å². The fraction of sp³-hybridized carbons (Fsp3) is 0.0526. The molecule has 0 saturated carbocycles. The molecular weight excluding hydrogens is 291 g/mol. The van der Waals surface area contributed by atoms with Crippen LogP contribution in [-0.4, -0.2) is 0 Å². The van der Waals surface area contributed by atoms with Gasteiger partial charge in [-0.15, -0.1) is 4.52 Å². The quantitative estimate of drug-likeness (QED) is 0.637. The third kappa shape index (κ3) is 2.27. The van der Waals surface area contributed by atoms with Gasteiger partial charge in [-0.05, 0) is 44.7 Å². The van der Waals surface area contributed by atoms with E-state index in [1.807, 2.05) is 54.6 Å². The first-order valence-electron chi connectivity index (χ1n) is 7.22. The highest BCUT2D eigenvalue weighted by Crippen LogP contribution is 2.40. The van der Waals surface area contributed by atoms with Crippen molar-refractivity contribution in [1.82, 2.24) is 0 Å². The molecule has 2 nitrogen and oxygen atoms in total. The van der Waals surface area contributed by atoms with Gasteiger partial charge in [0.05, 0.1) is 0 Å². The molecule has 0 aliphatic heterocycles. The maximum atomic E-state index is 12.4. The molecule has 1 aliphatic rings. The standard InChI is InChI=1S/C19H14O2P/c20-22(16-9-2-1-3-10-16)21-18-13-12-15-7-4-6-14-8-5-11-17(18)19(14)15/h1-13,18H/q+1. The van der Waals surface area contributed by atoms with E-state index in [9.17, 15) is 4.57 Å². The van der Waals surface area contributed by atoms with Gasteiger partial charge >= 0.3 is 8.03 Å². The van der Waals surface area contributed by atoms with Crippen molar-refractivity contribution in [2.45, 2.75) is 6.10 Å². The van der Waals surface area contributed by atoms with E-state index in [0.717, 1.165) is 10.9 Å². The first-order chi connectivity index (χ1) is 10.8. The maximum Gasteiger partial charge on any atom is 0.549 e. The monoisotopic (exact) mass is 305 g/mol. The van der Waals surface area contributed by atoms with Gasteiger partial charge in [-0.25, -0.2) is 0 Å². The van der Waals surface area contributed by atoms with Gasteiger partial charge in [-0.3, -0.25) is 0 Å². The van der Waals surface area contributed by atoms with Crippen LogP contribution in [0.1, 0.15) is 17.2 Å². The zero-order valence-corrected chi connectivity index (χ0v) is 12.7. The number of hydrogen-bond donors (Lipinski definition) is 0. The zero-order chi connectivity index (χ0) is 14.9. The number of benzene rings is 3. The highest BCUT2D eigenvalue weighted by Gasteiger charge is 2.29. The Labute approximate surface area is 129 Å². The van der Waals surface area contributed by atoms with Crippen LogP contribution in [0.15, 0.2) is 72.8 Å². The Kier molecular flexibility index (Phi) is 3.34. The lowest BCUT2D eigenvalue weighted by Crippen LogP contribution is -2.05.